The fourth-order valence-electron chi connectivity index (χ4n) is 4.86. The molecule has 0 aliphatic carbocycles. The number of rotatable bonds is 5. The van der Waals surface area contributed by atoms with Crippen molar-refractivity contribution in [2.45, 2.75) is 17.9 Å². The zero-order valence-electron chi connectivity index (χ0n) is 17.6. The lowest BCUT2D eigenvalue weighted by Gasteiger charge is -2.42. The molecule has 0 spiro atoms. The average molecular weight is 418 g/mol. The molecule has 0 aromatic heterocycles. The highest BCUT2D eigenvalue weighted by atomic mass is 16.2. The van der Waals surface area contributed by atoms with Crippen molar-refractivity contribution in [3.63, 3.8) is 0 Å². The van der Waals surface area contributed by atoms with Crippen LogP contribution in [-0.2, 0) is 15.1 Å². The van der Waals surface area contributed by atoms with Gasteiger partial charge in [0.25, 0.3) is 0 Å². The molecule has 1 atom stereocenters. The third-order valence-corrected chi connectivity index (χ3v) is 6.26. The Morgan fingerprint density at radius 3 is 1.34 bits per heavy atom. The maximum absolute atomic E-state index is 14.0. The Morgan fingerprint density at radius 1 is 0.562 bits per heavy atom. The molecule has 0 unspecified atom stereocenters. The molecule has 5 rings (SSSR count). The first kappa shape index (κ1) is 20.0. The summed E-state index contributed by atoms with van der Waals surface area (Å²) in [5.41, 5.74) is 2.46. The lowest BCUT2D eigenvalue weighted by molar-refractivity contribution is -0.143. The molecule has 32 heavy (non-hydrogen) atoms. The van der Waals surface area contributed by atoms with Gasteiger partial charge in [-0.05, 0) is 22.3 Å². The van der Waals surface area contributed by atoms with E-state index < -0.39 is 11.5 Å². The molecule has 0 N–H and O–H groups in total. The van der Waals surface area contributed by atoms with E-state index in [2.05, 4.69) is 0 Å². The number of likely N-dealkylation sites (tertiary alicyclic amines) is 1. The van der Waals surface area contributed by atoms with Crippen molar-refractivity contribution in [1.82, 2.24) is 4.90 Å². The van der Waals surface area contributed by atoms with Crippen molar-refractivity contribution < 1.29 is 9.59 Å². The summed E-state index contributed by atoms with van der Waals surface area (Å²) < 4.78 is 0. The third kappa shape index (κ3) is 3.14. The second-order valence-electron chi connectivity index (χ2n) is 8.04. The van der Waals surface area contributed by atoms with E-state index in [-0.39, 0.29) is 18.2 Å². The Kier molecular flexibility index (Phi) is 5.16. The van der Waals surface area contributed by atoms with Gasteiger partial charge in [-0.1, -0.05) is 121 Å². The minimum absolute atomic E-state index is 0.164. The van der Waals surface area contributed by atoms with Crippen LogP contribution in [0.3, 0.4) is 0 Å². The second-order valence-corrected chi connectivity index (χ2v) is 8.04. The third-order valence-electron chi connectivity index (χ3n) is 6.26. The quantitative estimate of drug-likeness (QED) is 0.317. The number of carbonyl (C=O) groups excluding carboxylic acids is 2. The van der Waals surface area contributed by atoms with Crippen LogP contribution >= 0.6 is 0 Å². The second kappa shape index (κ2) is 8.27. The fraction of sp³-hybridized carbons (Fsp3) is 0.103. The van der Waals surface area contributed by atoms with Crippen molar-refractivity contribution >= 4 is 11.8 Å². The lowest BCUT2D eigenvalue weighted by Crippen LogP contribution is -2.51. The normalized spacial score (nSPS) is 16.4. The molecular weight excluding hydrogens is 394 g/mol. The van der Waals surface area contributed by atoms with Crippen LogP contribution in [0, 0.1) is 0 Å². The summed E-state index contributed by atoms with van der Waals surface area (Å²) in [6.07, 6.45) is 0.164. The molecule has 1 saturated heterocycles. The molecule has 0 bridgehead atoms. The number of hydrogen-bond donors (Lipinski definition) is 0. The van der Waals surface area contributed by atoms with E-state index in [1.165, 1.54) is 4.90 Å². The molecule has 4 aromatic rings. The van der Waals surface area contributed by atoms with Gasteiger partial charge >= 0.3 is 0 Å². The number of benzene rings is 4. The summed E-state index contributed by atoms with van der Waals surface area (Å²) in [6.45, 7) is 0. The summed E-state index contributed by atoms with van der Waals surface area (Å²) in [7, 11) is 0. The van der Waals surface area contributed by atoms with Crippen LogP contribution < -0.4 is 0 Å². The van der Waals surface area contributed by atoms with E-state index in [0.29, 0.717) is 0 Å². The van der Waals surface area contributed by atoms with Gasteiger partial charge in [-0.25, -0.2) is 0 Å². The summed E-state index contributed by atoms with van der Waals surface area (Å²) in [6, 6.07) is 39.1. The first-order valence-corrected chi connectivity index (χ1v) is 10.8. The van der Waals surface area contributed by atoms with Crippen LogP contribution in [0.5, 0.6) is 0 Å². The SMILES string of the molecule is O=C1C[C@@H](c2ccccc2)C(=O)N1C(c1ccccc1)(c1ccccc1)c1ccccc1. The van der Waals surface area contributed by atoms with Crippen molar-refractivity contribution in [1.29, 1.82) is 0 Å². The topological polar surface area (TPSA) is 37.4 Å². The Labute approximate surface area is 188 Å². The molecule has 4 aromatic carbocycles. The Hall–Kier alpha value is -3.98. The molecule has 156 valence electrons. The van der Waals surface area contributed by atoms with Crippen LogP contribution in [-0.4, -0.2) is 16.7 Å². The zero-order chi connectivity index (χ0) is 22.0. The van der Waals surface area contributed by atoms with Crippen LogP contribution in [0.15, 0.2) is 121 Å². The maximum atomic E-state index is 14.0. The highest BCUT2D eigenvalue weighted by molar-refractivity contribution is 6.08. The summed E-state index contributed by atoms with van der Waals surface area (Å²) >= 11 is 0. The lowest BCUT2D eigenvalue weighted by atomic mass is 9.75. The molecule has 2 amide bonds. The predicted molar refractivity (Wildman–Crippen MR) is 125 cm³/mol. The van der Waals surface area contributed by atoms with E-state index in [0.717, 1.165) is 22.3 Å². The minimum atomic E-state index is -1.05. The maximum Gasteiger partial charge on any atom is 0.238 e. The van der Waals surface area contributed by atoms with E-state index >= 15 is 0 Å². The van der Waals surface area contributed by atoms with Crippen LogP contribution in [0.4, 0.5) is 0 Å². The Morgan fingerprint density at radius 2 is 0.938 bits per heavy atom. The molecule has 3 nitrogen and oxygen atoms in total. The number of imide groups is 1. The van der Waals surface area contributed by atoms with Gasteiger partial charge in [0.2, 0.25) is 11.8 Å². The molecular formula is C29H23NO2. The van der Waals surface area contributed by atoms with Gasteiger partial charge in [-0.2, -0.15) is 0 Å². The van der Waals surface area contributed by atoms with E-state index in [1.807, 2.05) is 121 Å². The van der Waals surface area contributed by atoms with Crippen LogP contribution in [0.2, 0.25) is 0 Å². The molecule has 0 saturated carbocycles. The Bertz CT molecular complexity index is 1120. The number of amides is 2. The van der Waals surface area contributed by atoms with Crippen molar-refractivity contribution in [2.24, 2.45) is 0 Å². The molecule has 3 heteroatoms. The number of nitrogens with zero attached hydrogens (tertiary/aromatic N) is 1. The van der Waals surface area contributed by atoms with Crippen LogP contribution in [0.1, 0.15) is 34.6 Å². The monoisotopic (exact) mass is 417 g/mol. The summed E-state index contributed by atoms with van der Waals surface area (Å²) in [5.74, 6) is -0.822. The van der Waals surface area contributed by atoms with Gasteiger partial charge in [0.1, 0.15) is 5.54 Å². The standard InChI is InChI=1S/C29H23NO2/c31-27-21-26(22-13-5-1-6-14-22)28(32)30(27)29(23-15-7-2-8-16-23,24-17-9-3-10-18-24)25-19-11-4-12-20-25/h1-20,26H,21H2/t26-/m0/s1. The first-order chi connectivity index (χ1) is 15.7. The van der Waals surface area contributed by atoms with Gasteiger partial charge in [-0.15, -0.1) is 0 Å². The van der Waals surface area contributed by atoms with Crippen molar-refractivity contribution in [2.75, 3.05) is 0 Å². The molecule has 0 radical (unpaired) electrons. The van der Waals surface area contributed by atoms with E-state index in [4.69, 9.17) is 0 Å². The zero-order valence-corrected chi connectivity index (χ0v) is 17.6. The van der Waals surface area contributed by atoms with Gasteiger partial charge in [0, 0.05) is 6.42 Å². The largest absolute Gasteiger partial charge is 0.274 e. The molecule has 1 heterocycles. The molecule has 1 aliphatic heterocycles. The minimum Gasteiger partial charge on any atom is -0.274 e. The van der Waals surface area contributed by atoms with Crippen molar-refractivity contribution in [3.05, 3.63) is 144 Å². The smallest absolute Gasteiger partial charge is 0.238 e. The van der Waals surface area contributed by atoms with Crippen molar-refractivity contribution in [3.8, 4) is 0 Å². The molecule has 1 aliphatic rings. The Balaban J connectivity index is 1.79. The van der Waals surface area contributed by atoms with Crippen LogP contribution in [0.25, 0.3) is 0 Å². The number of hydrogen-bond acceptors (Lipinski definition) is 2. The molecule has 1 fully saturated rings. The van der Waals surface area contributed by atoms with Gasteiger partial charge in [-0.3, -0.25) is 14.5 Å². The predicted octanol–water partition coefficient (Wildman–Crippen LogP) is 5.52. The van der Waals surface area contributed by atoms with Gasteiger partial charge < -0.3 is 0 Å². The van der Waals surface area contributed by atoms with E-state index in [9.17, 15) is 9.59 Å². The van der Waals surface area contributed by atoms with Gasteiger partial charge in [0.05, 0.1) is 5.92 Å². The summed E-state index contributed by atoms with van der Waals surface area (Å²) in [5, 5.41) is 0. The average Bonchev–Trinajstić information content (AvgIpc) is 3.17. The highest BCUT2D eigenvalue weighted by Crippen LogP contribution is 2.47. The van der Waals surface area contributed by atoms with Gasteiger partial charge in [0.15, 0.2) is 0 Å². The number of carbonyl (C=O) groups is 2. The first-order valence-electron chi connectivity index (χ1n) is 10.8. The summed E-state index contributed by atoms with van der Waals surface area (Å²) in [4.78, 5) is 29.1. The fourth-order valence-corrected chi connectivity index (χ4v) is 4.86. The van der Waals surface area contributed by atoms with E-state index in [1.54, 1.807) is 0 Å². The highest BCUT2D eigenvalue weighted by Gasteiger charge is 2.53.